The Bertz CT molecular complexity index is 415. The van der Waals surface area contributed by atoms with Crippen molar-refractivity contribution in [3.8, 4) is 0 Å². The monoisotopic (exact) mass is 293 g/mol. The first-order valence-corrected chi connectivity index (χ1v) is 7.55. The van der Waals surface area contributed by atoms with E-state index in [1.54, 1.807) is 19.2 Å². The number of carbonyl (C=O) groups excluding carboxylic acids is 1. The molecule has 0 saturated heterocycles. The standard InChI is InChI=1S/C15H27N5O/c1-4-20(5-2)10-6-9-17-13-7-8-14(18-11-13)19-15(21)12(3)16/h7-8,11-12,17H,4-6,9-10,16H2,1-3H3,(H,18,19,21). The number of carbonyl (C=O) groups is 1. The van der Waals surface area contributed by atoms with Crippen molar-refractivity contribution in [3.63, 3.8) is 0 Å². The van der Waals surface area contributed by atoms with E-state index < -0.39 is 6.04 Å². The van der Waals surface area contributed by atoms with Gasteiger partial charge in [0.25, 0.3) is 0 Å². The summed E-state index contributed by atoms with van der Waals surface area (Å²) in [4.78, 5) is 18.0. The van der Waals surface area contributed by atoms with Gasteiger partial charge in [-0.2, -0.15) is 0 Å². The molecule has 1 unspecified atom stereocenters. The van der Waals surface area contributed by atoms with E-state index in [9.17, 15) is 4.79 Å². The fourth-order valence-corrected chi connectivity index (χ4v) is 1.89. The van der Waals surface area contributed by atoms with Gasteiger partial charge in [-0.3, -0.25) is 4.79 Å². The van der Waals surface area contributed by atoms with Crippen molar-refractivity contribution in [3.05, 3.63) is 18.3 Å². The first kappa shape index (κ1) is 17.4. The summed E-state index contributed by atoms with van der Waals surface area (Å²) in [5.74, 6) is 0.286. The lowest BCUT2D eigenvalue weighted by Crippen LogP contribution is -2.32. The molecule has 21 heavy (non-hydrogen) atoms. The van der Waals surface area contributed by atoms with Crippen LogP contribution in [0.1, 0.15) is 27.2 Å². The summed E-state index contributed by atoms with van der Waals surface area (Å²) in [6.45, 7) is 10.2. The van der Waals surface area contributed by atoms with Crippen LogP contribution in [0.25, 0.3) is 0 Å². The highest BCUT2D eigenvalue weighted by atomic mass is 16.2. The van der Waals surface area contributed by atoms with Crippen LogP contribution in [0.2, 0.25) is 0 Å². The molecule has 6 heteroatoms. The average molecular weight is 293 g/mol. The number of nitrogens with two attached hydrogens (primary N) is 1. The number of hydrogen-bond donors (Lipinski definition) is 3. The lowest BCUT2D eigenvalue weighted by molar-refractivity contribution is -0.117. The minimum atomic E-state index is -0.537. The fraction of sp³-hybridized carbons (Fsp3) is 0.600. The third-order valence-electron chi connectivity index (χ3n) is 3.30. The van der Waals surface area contributed by atoms with Crippen molar-refractivity contribution in [2.24, 2.45) is 5.73 Å². The van der Waals surface area contributed by atoms with Crippen LogP contribution in [0, 0.1) is 0 Å². The fourth-order valence-electron chi connectivity index (χ4n) is 1.89. The smallest absolute Gasteiger partial charge is 0.242 e. The first-order chi connectivity index (χ1) is 10.1. The van der Waals surface area contributed by atoms with E-state index in [4.69, 9.17) is 5.73 Å². The van der Waals surface area contributed by atoms with E-state index in [0.29, 0.717) is 5.82 Å². The molecular formula is C15H27N5O. The molecule has 4 N–H and O–H groups in total. The maximum absolute atomic E-state index is 11.4. The number of amides is 1. The molecule has 1 aromatic rings. The second-order valence-corrected chi connectivity index (χ2v) is 5.02. The van der Waals surface area contributed by atoms with Gasteiger partial charge in [-0.1, -0.05) is 13.8 Å². The zero-order valence-corrected chi connectivity index (χ0v) is 13.2. The topological polar surface area (TPSA) is 83.3 Å². The SMILES string of the molecule is CCN(CC)CCCNc1ccc(NC(=O)C(C)N)nc1. The van der Waals surface area contributed by atoms with Crippen molar-refractivity contribution in [2.75, 3.05) is 36.8 Å². The number of rotatable bonds is 9. The van der Waals surface area contributed by atoms with E-state index in [1.165, 1.54) is 0 Å². The van der Waals surface area contributed by atoms with Gasteiger partial charge in [-0.15, -0.1) is 0 Å². The Morgan fingerprint density at radius 2 is 2.10 bits per heavy atom. The zero-order valence-electron chi connectivity index (χ0n) is 13.2. The van der Waals surface area contributed by atoms with Gasteiger partial charge in [0.05, 0.1) is 17.9 Å². The van der Waals surface area contributed by atoms with Crippen molar-refractivity contribution in [1.82, 2.24) is 9.88 Å². The molecule has 0 aliphatic carbocycles. The molecule has 0 aliphatic heterocycles. The molecule has 0 aromatic carbocycles. The molecule has 1 heterocycles. The van der Waals surface area contributed by atoms with Gasteiger partial charge in [0.1, 0.15) is 5.82 Å². The summed E-state index contributed by atoms with van der Waals surface area (Å²) in [7, 11) is 0. The Balaban J connectivity index is 2.33. The molecule has 6 nitrogen and oxygen atoms in total. The van der Waals surface area contributed by atoms with Crippen LogP contribution in [0.3, 0.4) is 0 Å². The first-order valence-electron chi connectivity index (χ1n) is 7.55. The van der Waals surface area contributed by atoms with Crippen molar-refractivity contribution in [2.45, 2.75) is 33.2 Å². The summed E-state index contributed by atoms with van der Waals surface area (Å²) in [6.07, 6.45) is 2.80. The molecule has 0 saturated carbocycles. The van der Waals surface area contributed by atoms with Crippen molar-refractivity contribution in [1.29, 1.82) is 0 Å². The summed E-state index contributed by atoms with van der Waals surface area (Å²) < 4.78 is 0. The lowest BCUT2D eigenvalue weighted by Gasteiger charge is -2.17. The van der Waals surface area contributed by atoms with Crippen LogP contribution < -0.4 is 16.4 Å². The number of pyridine rings is 1. The van der Waals surface area contributed by atoms with E-state index in [-0.39, 0.29) is 5.91 Å². The number of nitrogens with one attached hydrogen (secondary N) is 2. The predicted molar refractivity (Wildman–Crippen MR) is 87.4 cm³/mol. The molecule has 118 valence electrons. The van der Waals surface area contributed by atoms with Crippen LogP contribution in [0.15, 0.2) is 18.3 Å². The molecule has 1 aromatic heterocycles. The molecule has 0 radical (unpaired) electrons. The van der Waals surface area contributed by atoms with Crippen LogP contribution in [-0.4, -0.2) is 48.0 Å². The Morgan fingerprint density at radius 3 is 2.62 bits per heavy atom. The Hall–Kier alpha value is -1.66. The third-order valence-corrected chi connectivity index (χ3v) is 3.30. The van der Waals surface area contributed by atoms with Crippen LogP contribution in [-0.2, 0) is 4.79 Å². The largest absolute Gasteiger partial charge is 0.384 e. The lowest BCUT2D eigenvalue weighted by atomic mass is 10.3. The quantitative estimate of drug-likeness (QED) is 0.601. The maximum atomic E-state index is 11.4. The predicted octanol–water partition coefficient (Wildman–Crippen LogP) is 1.51. The Morgan fingerprint density at radius 1 is 1.38 bits per heavy atom. The number of nitrogens with zero attached hydrogens (tertiary/aromatic N) is 2. The second kappa shape index (κ2) is 9.31. The molecule has 1 atom stereocenters. The Kier molecular flexibility index (Phi) is 7.71. The van der Waals surface area contributed by atoms with Crippen molar-refractivity contribution < 1.29 is 4.79 Å². The minimum Gasteiger partial charge on any atom is -0.384 e. The number of anilines is 2. The second-order valence-electron chi connectivity index (χ2n) is 5.02. The summed E-state index contributed by atoms with van der Waals surface area (Å²) in [5, 5.41) is 5.98. The van der Waals surface area contributed by atoms with E-state index in [0.717, 1.165) is 38.3 Å². The molecule has 0 bridgehead atoms. The summed E-state index contributed by atoms with van der Waals surface area (Å²) >= 11 is 0. The van der Waals surface area contributed by atoms with E-state index >= 15 is 0 Å². The highest BCUT2D eigenvalue weighted by molar-refractivity contribution is 5.93. The third kappa shape index (κ3) is 6.55. The van der Waals surface area contributed by atoms with Gasteiger partial charge in [0.2, 0.25) is 5.91 Å². The molecular weight excluding hydrogens is 266 g/mol. The highest BCUT2D eigenvalue weighted by Gasteiger charge is 2.07. The maximum Gasteiger partial charge on any atom is 0.242 e. The van der Waals surface area contributed by atoms with Gasteiger partial charge >= 0.3 is 0 Å². The van der Waals surface area contributed by atoms with Gasteiger partial charge < -0.3 is 21.3 Å². The van der Waals surface area contributed by atoms with Crippen LogP contribution in [0.4, 0.5) is 11.5 Å². The van der Waals surface area contributed by atoms with Gasteiger partial charge in [-0.25, -0.2) is 4.98 Å². The van der Waals surface area contributed by atoms with Gasteiger partial charge in [0.15, 0.2) is 0 Å². The molecule has 0 fully saturated rings. The highest BCUT2D eigenvalue weighted by Crippen LogP contribution is 2.09. The molecule has 0 aliphatic rings. The number of aromatic nitrogens is 1. The summed E-state index contributed by atoms with van der Waals surface area (Å²) in [5.41, 5.74) is 6.44. The number of hydrogen-bond acceptors (Lipinski definition) is 5. The van der Waals surface area contributed by atoms with Crippen molar-refractivity contribution >= 4 is 17.4 Å². The molecule has 1 amide bonds. The van der Waals surface area contributed by atoms with E-state index in [1.807, 2.05) is 6.07 Å². The molecule has 1 rings (SSSR count). The zero-order chi connectivity index (χ0) is 15.7. The minimum absolute atomic E-state index is 0.234. The van der Waals surface area contributed by atoms with Crippen LogP contribution >= 0.6 is 0 Å². The molecule has 0 spiro atoms. The van der Waals surface area contributed by atoms with Gasteiger partial charge in [-0.05, 0) is 45.1 Å². The summed E-state index contributed by atoms with van der Waals surface area (Å²) in [6, 6.07) is 3.14. The van der Waals surface area contributed by atoms with Gasteiger partial charge in [0, 0.05) is 6.54 Å². The van der Waals surface area contributed by atoms with E-state index in [2.05, 4.69) is 34.4 Å². The normalized spacial score (nSPS) is 12.2. The van der Waals surface area contributed by atoms with Crippen LogP contribution in [0.5, 0.6) is 0 Å². The Labute approximate surface area is 127 Å². The average Bonchev–Trinajstić information content (AvgIpc) is 2.49.